The van der Waals surface area contributed by atoms with Gasteiger partial charge in [0.1, 0.15) is 11.6 Å². The third-order valence-corrected chi connectivity index (χ3v) is 8.07. The molecule has 0 radical (unpaired) electrons. The van der Waals surface area contributed by atoms with Gasteiger partial charge in [-0.3, -0.25) is 4.79 Å². The third kappa shape index (κ3) is 5.88. The minimum atomic E-state index is -0.785. The molecule has 6 nitrogen and oxygen atoms in total. The van der Waals surface area contributed by atoms with Crippen molar-refractivity contribution in [3.8, 4) is 11.8 Å². The highest BCUT2D eigenvalue weighted by atomic mass is 35.5. The van der Waals surface area contributed by atoms with Gasteiger partial charge in [-0.2, -0.15) is 5.26 Å². The topological polar surface area (TPSA) is 76.8 Å². The second-order valence-electron chi connectivity index (χ2n) is 10.5. The molecule has 1 fully saturated rings. The third-order valence-electron chi connectivity index (χ3n) is 7.74. The second kappa shape index (κ2) is 11.3. The van der Waals surface area contributed by atoms with Gasteiger partial charge in [0.15, 0.2) is 6.10 Å². The zero-order chi connectivity index (χ0) is 27.6. The zero-order valence-electron chi connectivity index (χ0n) is 21.8. The molecule has 2 aliphatic rings. The number of nitrogens with zero attached hydrogens (tertiary/aromatic N) is 3. The van der Waals surface area contributed by atoms with Crippen LogP contribution in [0.25, 0.3) is 0 Å². The number of benzene rings is 3. The summed E-state index contributed by atoms with van der Waals surface area (Å²) in [7, 11) is 0. The summed E-state index contributed by atoms with van der Waals surface area (Å²) >= 11 is 6.49. The zero-order valence-corrected chi connectivity index (χ0v) is 22.6. The lowest BCUT2D eigenvalue weighted by molar-refractivity contribution is -0.140. The summed E-state index contributed by atoms with van der Waals surface area (Å²) in [5.74, 6) is 0.0829. The van der Waals surface area contributed by atoms with Gasteiger partial charge in [0.2, 0.25) is 0 Å². The van der Waals surface area contributed by atoms with Crippen LogP contribution in [0.3, 0.4) is 0 Å². The van der Waals surface area contributed by atoms with Crippen LogP contribution in [0, 0.1) is 22.6 Å². The summed E-state index contributed by atoms with van der Waals surface area (Å²) in [5.41, 5.74) is 2.72. The van der Waals surface area contributed by atoms with E-state index < -0.39 is 17.6 Å². The van der Waals surface area contributed by atoms with Crippen LogP contribution in [-0.4, -0.2) is 41.7 Å². The second-order valence-corrected chi connectivity index (χ2v) is 10.9. The molecule has 1 N–H and O–H groups in total. The van der Waals surface area contributed by atoms with E-state index in [0.717, 1.165) is 16.8 Å². The summed E-state index contributed by atoms with van der Waals surface area (Å²) in [6, 6.07) is 22.2. The van der Waals surface area contributed by atoms with Crippen LogP contribution in [-0.2, 0) is 17.8 Å². The number of aliphatic hydroxyl groups excluding tert-OH is 1. The summed E-state index contributed by atoms with van der Waals surface area (Å²) in [6.45, 7) is 3.44. The number of likely N-dealkylation sites (tertiary alicyclic amines) is 1. The molecule has 8 heteroatoms. The molecular weight excluding hydrogens is 517 g/mol. The largest absolute Gasteiger partial charge is 0.477 e. The van der Waals surface area contributed by atoms with Gasteiger partial charge in [-0.05, 0) is 61.6 Å². The molecule has 0 aromatic heterocycles. The number of carbonyl (C=O) groups excluding carboxylic acids is 1. The molecular formula is C31H31ClFN3O3. The van der Waals surface area contributed by atoms with E-state index >= 15 is 0 Å². The number of fused-ring (bicyclic) bond motifs is 1. The van der Waals surface area contributed by atoms with Crippen molar-refractivity contribution in [1.82, 2.24) is 4.90 Å². The Bertz CT molecular complexity index is 1370. The predicted octanol–water partition coefficient (Wildman–Crippen LogP) is 5.68. The van der Waals surface area contributed by atoms with Crippen molar-refractivity contribution < 1.29 is 19.0 Å². The van der Waals surface area contributed by atoms with Crippen LogP contribution in [0.5, 0.6) is 5.75 Å². The highest BCUT2D eigenvalue weighted by Crippen LogP contribution is 2.41. The first-order valence-electron chi connectivity index (χ1n) is 13.2. The normalized spacial score (nSPS) is 19.0. The van der Waals surface area contributed by atoms with E-state index in [1.807, 2.05) is 30.3 Å². The number of rotatable bonds is 6. The molecule has 1 amide bonds. The lowest BCUT2D eigenvalue weighted by atomic mass is 9.75. The first-order valence-corrected chi connectivity index (χ1v) is 13.6. The van der Waals surface area contributed by atoms with E-state index in [0.29, 0.717) is 61.8 Å². The lowest BCUT2D eigenvalue weighted by Gasteiger charge is -2.41. The van der Waals surface area contributed by atoms with Crippen molar-refractivity contribution >= 4 is 23.2 Å². The highest BCUT2D eigenvalue weighted by Gasteiger charge is 2.40. The Morgan fingerprint density at radius 3 is 2.49 bits per heavy atom. The van der Waals surface area contributed by atoms with E-state index in [1.165, 1.54) is 12.1 Å². The van der Waals surface area contributed by atoms with Gasteiger partial charge in [-0.1, -0.05) is 54.1 Å². The van der Waals surface area contributed by atoms with Crippen molar-refractivity contribution in [2.45, 2.75) is 44.9 Å². The van der Waals surface area contributed by atoms with E-state index in [1.54, 1.807) is 36.1 Å². The molecule has 0 aliphatic carbocycles. The summed E-state index contributed by atoms with van der Waals surface area (Å²) in [4.78, 5) is 17.6. The van der Waals surface area contributed by atoms with Gasteiger partial charge in [-0.25, -0.2) is 4.39 Å². The fourth-order valence-corrected chi connectivity index (χ4v) is 5.79. The summed E-state index contributed by atoms with van der Waals surface area (Å²) in [5, 5.41) is 20.7. The molecule has 2 heterocycles. The van der Waals surface area contributed by atoms with Crippen molar-refractivity contribution in [3.05, 3.63) is 94.3 Å². The standard InChI is InChI=1S/C31H31ClFN3O3/c1-21(37)25-15-28-27(16-26(25)32)36(18-23-5-3-2-4-6-23)19-29(39-28)30(38)35-13-11-31(20-34,12-14-35)17-22-7-9-24(33)10-8-22/h2-10,15-16,21,29,37H,11-14,17-19H2,1H3. The number of nitriles is 1. The predicted molar refractivity (Wildman–Crippen MR) is 148 cm³/mol. The molecule has 3 aromatic carbocycles. The van der Waals surface area contributed by atoms with Gasteiger partial charge in [0.25, 0.3) is 5.91 Å². The van der Waals surface area contributed by atoms with Gasteiger partial charge in [0, 0.05) is 30.2 Å². The number of anilines is 1. The molecule has 202 valence electrons. The summed E-state index contributed by atoms with van der Waals surface area (Å²) in [6.07, 6.45) is 0.0623. The Morgan fingerprint density at radius 2 is 1.85 bits per heavy atom. The Labute approximate surface area is 233 Å². The van der Waals surface area contributed by atoms with Crippen LogP contribution in [0.4, 0.5) is 10.1 Å². The van der Waals surface area contributed by atoms with Gasteiger partial charge in [-0.15, -0.1) is 0 Å². The molecule has 1 saturated heterocycles. The molecule has 2 unspecified atom stereocenters. The Morgan fingerprint density at radius 1 is 1.15 bits per heavy atom. The monoisotopic (exact) mass is 547 g/mol. The number of aliphatic hydroxyl groups is 1. The molecule has 0 saturated carbocycles. The maximum atomic E-state index is 13.7. The summed E-state index contributed by atoms with van der Waals surface area (Å²) < 4.78 is 19.6. The first kappa shape index (κ1) is 27.0. The molecule has 3 aromatic rings. The van der Waals surface area contributed by atoms with Crippen LogP contribution < -0.4 is 9.64 Å². The number of piperidine rings is 1. The van der Waals surface area contributed by atoms with Gasteiger partial charge in [0.05, 0.1) is 29.8 Å². The fraction of sp³-hybridized carbons (Fsp3) is 0.355. The van der Waals surface area contributed by atoms with Crippen molar-refractivity contribution in [3.63, 3.8) is 0 Å². The Hall–Kier alpha value is -3.60. The van der Waals surface area contributed by atoms with Crippen molar-refractivity contribution in [1.29, 1.82) is 5.26 Å². The number of amides is 1. The molecule has 5 rings (SSSR count). The van der Waals surface area contributed by atoms with Crippen LogP contribution in [0.15, 0.2) is 66.7 Å². The average molecular weight is 548 g/mol. The number of halogens is 2. The molecule has 2 atom stereocenters. The quantitative estimate of drug-likeness (QED) is 0.430. The first-order chi connectivity index (χ1) is 18.8. The molecule has 39 heavy (non-hydrogen) atoms. The van der Waals surface area contributed by atoms with E-state index in [2.05, 4.69) is 11.0 Å². The van der Waals surface area contributed by atoms with E-state index in [-0.39, 0.29) is 11.7 Å². The smallest absolute Gasteiger partial charge is 0.265 e. The van der Waals surface area contributed by atoms with E-state index in [4.69, 9.17) is 16.3 Å². The lowest BCUT2D eigenvalue weighted by Crippen LogP contribution is -2.53. The van der Waals surface area contributed by atoms with Crippen LogP contribution in [0.1, 0.15) is 42.6 Å². The average Bonchev–Trinajstić information content (AvgIpc) is 2.94. The molecule has 0 spiro atoms. The van der Waals surface area contributed by atoms with Crippen molar-refractivity contribution in [2.75, 3.05) is 24.5 Å². The number of hydrogen-bond acceptors (Lipinski definition) is 5. The Balaban J connectivity index is 1.34. The Kier molecular flexibility index (Phi) is 7.79. The maximum absolute atomic E-state index is 13.7. The fourth-order valence-electron chi connectivity index (χ4n) is 5.47. The number of carbonyl (C=O) groups is 1. The number of ether oxygens (including phenoxy) is 1. The van der Waals surface area contributed by atoms with E-state index in [9.17, 15) is 19.6 Å². The minimum Gasteiger partial charge on any atom is -0.477 e. The van der Waals surface area contributed by atoms with Crippen LogP contribution >= 0.6 is 11.6 Å². The molecule has 0 bridgehead atoms. The highest BCUT2D eigenvalue weighted by molar-refractivity contribution is 6.31. The van der Waals surface area contributed by atoms with Gasteiger partial charge < -0.3 is 19.6 Å². The maximum Gasteiger partial charge on any atom is 0.265 e. The molecule has 2 aliphatic heterocycles. The van der Waals surface area contributed by atoms with Crippen LogP contribution in [0.2, 0.25) is 5.02 Å². The minimum absolute atomic E-state index is 0.124. The SMILES string of the molecule is CC(O)c1cc2c(cc1Cl)N(Cc1ccccc1)CC(C(=O)N1CCC(C#N)(Cc3ccc(F)cc3)CC1)O2. The van der Waals surface area contributed by atoms with Crippen molar-refractivity contribution in [2.24, 2.45) is 5.41 Å². The van der Waals surface area contributed by atoms with Gasteiger partial charge >= 0.3 is 0 Å². The number of hydrogen-bond donors (Lipinski definition) is 1.